The molecule has 5 nitrogen and oxygen atoms in total. The molecule has 0 aliphatic rings. The minimum atomic E-state index is -0.203. The molecule has 0 fully saturated rings. The van der Waals surface area contributed by atoms with E-state index in [1.807, 2.05) is 6.92 Å². The number of nitrogens with zero attached hydrogens (tertiary/aromatic N) is 1. The molecule has 0 amide bonds. The van der Waals surface area contributed by atoms with E-state index in [4.69, 9.17) is 9.47 Å². The zero-order valence-corrected chi connectivity index (χ0v) is 12.9. The van der Waals surface area contributed by atoms with Crippen LogP contribution in [0.5, 0.6) is 0 Å². The molecule has 0 heterocycles. The Morgan fingerprint density at radius 2 is 2.00 bits per heavy atom. The van der Waals surface area contributed by atoms with Crippen molar-refractivity contribution in [3.63, 3.8) is 0 Å². The van der Waals surface area contributed by atoms with Gasteiger partial charge in [-0.3, -0.25) is 4.79 Å². The monoisotopic (exact) mass is 274 g/mol. The first-order chi connectivity index (χ1) is 9.19. The van der Waals surface area contributed by atoms with E-state index in [-0.39, 0.29) is 12.0 Å². The van der Waals surface area contributed by atoms with Gasteiger partial charge in [0.15, 0.2) is 0 Å². The molecule has 0 rings (SSSR count). The number of esters is 1. The standard InChI is InChI=1S/C14H30N2O3/c1-5-9-15-13(14(17)18-4)8-10-16(6-2)11-12-19-7-3/h13,15H,5-12H2,1-4H3. The highest BCUT2D eigenvalue weighted by Crippen LogP contribution is 2.00. The van der Waals surface area contributed by atoms with Crippen molar-refractivity contribution in [2.75, 3.05) is 46.5 Å². The van der Waals surface area contributed by atoms with Crippen LogP contribution in [0.4, 0.5) is 0 Å². The van der Waals surface area contributed by atoms with Gasteiger partial charge in [0.25, 0.3) is 0 Å². The maximum atomic E-state index is 11.7. The molecule has 0 saturated heterocycles. The fraction of sp³-hybridized carbons (Fsp3) is 0.929. The summed E-state index contributed by atoms with van der Waals surface area (Å²) in [5.74, 6) is -0.172. The highest BCUT2D eigenvalue weighted by molar-refractivity contribution is 5.75. The normalized spacial score (nSPS) is 12.7. The van der Waals surface area contributed by atoms with Crippen LogP contribution in [-0.2, 0) is 14.3 Å². The third-order valence-electron chi connectivity index (χ3n) is 3.06. The van der Waals surface area contributed by atoms with Gasteiger partial charge in [0.05, 0.1) is 13.7 Å². The Morgan fingerprint density at radius 3 is 2.53 bits per heavy atom. The molecule has 114 valence electrons. The lowest BCUT2D eigenvalue weighted by Gasteiger charge is -2.23. The van der Waals surface area contributed by atoms with E-state index in [0.29, 0.717) is 0 Å². The maximum absolute atomic E-state index is 11.7. The second-order valence-electron chi connectivity index (χ2n) is 4.45. The van der Waals surface area contributed by atoms with Crippen LogP contribution in [0, 0.1) is 0 Å². The first-order valence-electron chi connectivity index (χ1n) is 7.30. The molecule has 1 unspecified atom stereocenters. The highest BCUT2D eigenvalue weighted by atomic mass is 16.5. The van der Waals surface area contributed by atoms with E-state index in [0.717, 1.165) is 52.2 Å². The van der Waals surface area contributed by atoms with E-state index in [1.165, 1.54) is 7.11 Å². The summed E-state index contributed by atoms with van der Waals surface area (Å²) >= 11 is 0. The number of ether oxygens (including phenoxy) is 2. The maximum Gasteiger partial charge on any atom is 0.322 e. The van der Waals surface area contributed by atoms with Crippen LogP contribution >= 0.6 is 0 Å². The van der Waals surface area contributed by atoms with E-state index in [1.54, 1.807) is 0 Å². The van der Waals surface area contributed by atoms with Gasteiger partial charge in [0, 0.05) is 19.7 Å². The zero-order valence-electron chi connectivity index (χ0n) is 12.9. The van der Waals surface area contributed by atoms with E-state index >= 15 is 0 Å². The third-order valence-corrected chi connectivity index (χ3v) is 3.06. The smallest absolute Gasteiger partial charge is 0.322 e. The van der Waals surface area contributed by atoms with Crippen molar-refractivity contribution in [2.24, 2.45) is 0 Å². The number of methoxy groups -OCH3 is 1. The number of carbonyl (C=O) groups excluding carboxylic acids is 1. The number of carbonyl (C=O) groups is 1. The van der Waals surface area contributed by atoms with Gasteiger partial charge >= 0.3 is 5.97 Å². The Balaban J connectivity index is 4.06. The van der Waals surface area contributed by atoms with Crippen LogP contribution in [0.25, 0.3) is 0 Å². The number of rotatable bonds is 12. The van der Waals surface area contributed by atoms with E-state index < -0.39 is 0 Å². The summed E-state index contributed by atoms with van der Waals surface area (Å²) in [5, 5.41) is 3.23. The SMILES string of the molecule is CCCNC(CCN(CC)CCOCC)C(=O)OC. The van der Waals surface area contributed by atoms with E-state index in [2.05, 4.69) is 24.1 Å². The molecule has 0 aliphatic heterocycles. The minimum Gasteiger partial charge on any atom is -0.468 e. The van der Waals surface area contributed by atoms with Crippen molar-refractivity contribution >= 4 is 5.97 Å². The van der Waals surface area contributed by atoms with Crippen molar-refractivity contribution < 1.29 is 14.3 Å². The Hall–Kier alpha value is -0.650. The van der Waals surface area contributed by atoms with Crippen LogP contribution in [-0.4, -0.2) is 63.4 Å². The number of nitrogens with one attached hydrogen (secondary N) is 1. The zero-order chi connectivity index (χ0) is 14.5. The summed E-state index contributed by atoms with van der Waals surface area (Å²) in [5.41, 5.74) is 0. The lowest BCUT2D eigenvalue weighted by Crippen LogP contribution is -2.41. The van der Waals surface area contributed by atoms with Gasteiger partial charge in [-0.15, -0.1) is 0 Å². The summed E-state index contributed by atoms with van der Waals surface area (Å²) < 4.78 is 10.2. The van der Waals surface area contributed by atoms with Gasteiger partial charge in [-0.2, -0.15) is 0 Å². The lowest BCUT2D eigenvalue weighted by atomic mass is 10.2. The predicted octanol–water partition coefficient (Wildman–Crippen LogP) is 1.28. The van der Waals surface area contributed by atoms with E-state index in [9.17, 15) is 4.79 Å². The molecule has 0 bridgehead atoms. The van der Waals surface area contributed by atoms with Crippen LogP contribution in [0.15, 0.2) is 0 Å². The molecule has 5 heteroatoms. The second-order valence-corrected chi connectivity index (χ2v) is 4.45. The molecule has 19 heavy (non-hydrogen) atoms. The molecule has 0 aliphatic carbocycles. The number of likely N-dealkylation sites (N-methyl/N-ethyl adjacent to an activating group) is 1. The van der Waals surface area contributed by atoms with Gasteiger partial charge in [0.2, 0.25) is 0 Å². The average molecular weight is 274 g/mol. The first kappa shape index (κ1) is 18.4. The van der Waals surface area contributed by atoms with Crippen molar-refractivity contribution in [1.29, 1.82) is 0 Å². The van der Waals surface area contributed by atoms with Gasteiger partial charge in [-0.25, -0.2) is 0 Å². The quantitative estimate of drug-likeness (QED) is 0.429. The average Bonchev–Trinajstić information content (AvgIpc) is 2.44. The summed E-state index contributed by atoms with van der Waals surface area (Å²) in [6.45, 7) is 11.3. The van der Waals surface area contributed by atoms with Crippen molar-refractivity contribution in [2.45, 2.75) is 39.7 Å². The van der Waals surface area contributed by atoms with Crippen LogP contribution in [0.1, 0.15) is 33.6 Å². The topological polar surface area (TPSA) is 50.8 Å². The molecule has 1 N–H and O–H groups in total. The number of hydrogen-bond acceptors (Lipinski definition) is 5. The van der Waals surface area contributed by atoms with Gasteiger partial charge in [-0.05, 0) is 32.9 Å². The lowest BCUT2D eigenvalue weighted by molar-refractivity contribution is -0.143. The van der Waals surface area contributed by atoms with Crippen molar-refractivity contribution in [3.8, 4) is 0 Å². The predicted molar refractivity (Wildman–Crippen MR) is 77.3 cm³/mol. The summed E-state index contributed by atoms with van der Waals surface area (Å²) in [6, 6.07) is -0.203. The molecule has 1 atom stereocenters. The Kier molecular flexibility index (Phi) is 12.0. The molecular formula is C14H30N2O3. The summed E-state index contributed by atoms with van der Waals surface area (Å²) in [6.07, 6.45) is 1.78. The van der Waals surface area contributed by atoms with Crippen LogP contribution < -0.4 is 5.32 Å². The van der Waals surface area contributed by atoms with Crippen molar-refractivity contribution in [1.82, 2.24) is 10.2 Å². The molecule has 0 saturated carbocycles. The fourth-order valence-corrected chi connectivity index (χ4v) is 1.84. The van der Waals surface area contributed by atoms with Crippen LogP contribution in [0.3, 0.4) is 0 Å². The minimum absolute atomic E-state index is 0.172. The van der Waals surface area contributed by atoms with Crippen LogP contribution in [0.2, 0.25) is 0 Å². The summed E-state index contributed by atoms with van der Waals surface area (Å²) in [7, 11) is 1.44. The molecule has 0 aromatic heterocycles. The largest absolute Gasteiger partial charge is 0.468 e. The molecule has 0 radical (unpaired) electrons. The molecule has 0 aromatic rings. The molecule has 0 spiro atoms. The van der Waals surface area contributed by atoms with Gasteiger partial charge in [-0.1, -0.05) is 13.8 Å². The van der Waals surface area contributed by atoms with Gasteiger partial charge in [0.1, 0.15) is 6.04 Å². The fourth-order valence-electron chi connectivity index (χ4n) is 1.84. The van der Waals surface area contributed by atoms with Crippen molar-refractivity contribution in [3.05, 3.63) is 0 Å². The summed E-state index contributed by atoms with van der Waals surface area (Å²) in [4.78, 5) is 13.9. The van der Waals surface area contributed by atoms with Gasteiger partial charge < -0.3 is 19.7 Å². The Bertz CT molecular complexity index is 225. The molecular weight excluding hydrogens is 244 g/mol. The highest BCUT2D eigenvalue weighted by Gasteiger charge is 2.18. The Morgan fingerprint density at radius 1 is 1.26 bits per heavy atom. The third kappa shape index (κ3) is 8.97. The Labute approximate surface area is 117 Å². The second kappa shape index (κ2) is 12.4. The molecule has 0 aromatic carbocycles. The first-order valence-corrected chi connectivity index (χ1v) is 7.30. The number of hydrogen-bond donors (Lipinski definition) is 1.